The highest BCUT2D eigenvalue weighted by molar-refractivity contribution is 6.19. The van der Waals surface area contributed by atoms with Gasteiger partial charge < -0.3 is 14.0 Å². The van der Waals surface area contributed by atoms with E-state index in [0.717, 1.165) is 39.5 Å². The number of hydrogen-bond acceptors (Lipinski definition) is 1. The molecular formula is C78H49N3. The Bertz CT molecular complexity index is 5090. The smallest absolute Gasteiger partial charge is 0.0726 e. The molecule has 0 N–H and O–H groups in total. The van der Waals surface area contributed by atoms with E-state index in [0.29, 0.717) is 0 Å². The predicted octanol–water partition coefficient (Wildman–Crippen LogP) is 20.0. The van der Waals surface area contributed by atoms with Gasteiger partial charge in [0.1, 0.15) is 0 Å². The molecule has 0 saturated carbocycles. The predicted molar refractivity (Wildman–Crippen MR) is 336 cm³/mol. The van der Waals surface area contributed by atoms with Crippen LogP contribution in [-0.4, -0.2) is 9.13 Å². The molecule has 3 aliphatic carbocycles. The lowest BCUT2D eigenvalue weighted by Crippen LogP contribution is -2.26. The van der Waals surface area contributed by atoms with Gasteiger partial charge in [-0.15, -0.1) is 0 Å². The van der Waals surface area contributed by atoms with Crippen molar-refractivity contribution in [2.75, 3.05) is 4.90 Å². The van der Waals surface area contributed by atoms with E-state index in [-0.39, 0.29) is 5.92 Å². The maximum absolute atomic E-state index is 2.68. The van der Waals surface area contributed by atoms with E-state index < -0.39 is 5.41 Å². The summed E-state index contributed by atoms with van der Waals surface area (Å²) in [6.45, 7) is 0. The van der Waals surface area contributed by atoms with Gasteiger partial charge >= 0.3 is 0 Å². The molecule has 18 rings (SSSR count). The zero-order chi connectivity index (χ0) is 52.9. The quantitative estimate of drug-likeness (QED) is 0.162. The van der Waals surface area contributed by atoms with E-state index >= 15 is 0 Å². The average molecular weight is 1030 g/mol. The zero-order valence-corrected chi connectivity index (χ0v) is 44.1. The molecule has 0 bridgehead atoms. The van der Waals surface area contributed by atoms with Crippen LogP contribution >= 0.6 is 0 Å². The first kappa shape index (κ1) is 44.5. The molecule has 2 heterocycles. The van der Waals surface area contributed by atoms with Gasteiger partial charge in [-0.1, -0.05) is 231 Å². The molecule has 0 aliphatic heterocycles. The average Bonchev–Trinajstić information content (AvgIpc) is 2.08. The molecule has 376 valence electrons. The van der Waals surface area contributed by atoms with Crippen LogP contribution < -0.4 is 4.90 Å². The number of fused-ring (bicyclic) bond motifs is 21. The van der Waals surface area contributed by atoms with E-state index in [9.17, 15) is 0 Å². The Labute approximate surface area is 469 Å². The summed E-state index contributed by atoms with van der Waals surface area (Å²) < 4.78 is 4.94. The van der Waals surface area contributed by atoms with Gasteiger partial charge in [0.15, 0.2) is 0 Å². The van der Waals surface area contributed by atoms with Crippen LogP contribution in [0.25, 0.3) is 99.1 Å². The van der Waals surface area contributed by atoms with Crippen LogP contribution in [0.5, 0.6) is 0 Å². The highest BCUT2D eigenvalue weighted by Gasteiger charge is 2.53. The van der Waals surface area contributed by atoms with Crippen molar-refractivity contribution in [1.29, 1.82) is 0 Å². The van der Waals surface area contributed by atoms with Crippen LogP contribution in [0.1, 0.15) is 44.9 Å². The highest BCUT2D eigenvalue weighted by Crippen LogP contribution is 2.66. The van der Waals surface area contributed by atoms with Crippen molar-refractivity contribution in [2.45, 2.75) is 11.3 Å². The van der Waals surface area contributed by atoms with Gasteiger partial charge in [0.2, 0.25) is 0 Å². The molecular weight excluding hydrogens is 979 g/mol. The number of para-hydroxylation sites is 3. The summed E-state index contributed by atoms with van der Waals surface area (Å²) in [7, 11) is 0. The molecule has 81 heavy (non-hydrogen) atoms. The summed E-state index contributed by atoms with van der Waals surface area (Å²) in [5.74, 6) is 0.0687. The molecule has 2 aromatic heterocycles. The number of hydrogen-bond donors (Lipinski definition) is 0. The Hall–Kier alpha value is -10.5. The molecule has 15 aromatic rings. The maximum atomic E-state index is 2.68. The lowest BCUT2D eigenvalue weighted by Gasteiger charge is -2.33. The lowest BCUT2D eigenvalue weighted by molar-refractivity contribution is 0.794. The third kappa shape index (κ3) is 5.91. The second-order valence-electron chi connectivity index (χ2n) is 22.2. The Kier molecular flexibility index (Phi) is 9.21. The maximum Gasteiger partial charge on any atom is 0.0726 e. The van der Waals surface area contributed by atoms with Crippen molar-refractivity contribution >= 4 is 71.4 Å². The number of anilines is 3. The van der Waals surface area contributed by atoms with Gasteiger partial charge in [-0.05, 0) is 133 Å². The summed E-state index contributed by atoms with van der Waals surface area (Å²) in [4.78, 5) is 2.68. The highest BCUT2D eigenvalue weighted by atomic mass is 15.2. The van der Waals surface area contributed by atoms with Gasteiger partial charge in [-0.2, -0.15) is 0 Å². The Morgan fingerprint density at radius 1 is 0.296 bits per heavy atom. The molecule has 1 atom stereocenters. The van der Waals surface area contributed by atoms with Gasteiger partial charge in [0.05, 0.1) is 44.5 Å². The van der Waals surface area contributed by atoms with E-state index in [1.165, 1.54) is 116 Å². The molecule has 1 spiro atoms. The minimum Gasteiger partial charge on any atom is -0.309 e. The third-order valence-electron chi connectivity index (χ3n) is 18.4. The van der Waals surface area contributed by atoms with Crippen molar-refractivity contribution in [3.63, 3.8) is 0 Å². The number of rotatable bonds is 6. The molecule has 0 radical (unpaired) electrons. The summed E-state index contributed by atoms with van der Waals surface area (Å²) in [6, 6.07) is 110. The normalized spacial score (nSPS) is 14.1. The number of aromatic nitrogens is 2. The Balaban J connectivity index is 0.973. The van der Waals surface area contributed by atoms with Crippen LogP contribution in [-0.2, 0) is 5.41 Å². The first-order valence-corrected chi connectivity index (χ1v) is 28.3. The van der Waals surface area contributed by atoms with Crippen LogP contribution in [0, 0.1) is 0 Å². The van der Waals surface area contributed by atoms with Gasteiger partial charge in [0, 0.05) is 50.0 Å². The van der Waals surface area contributed by atoms with Crippen molar-refractivity contribution < 1.29 is 0 Å². The van der Waals surface area contributed by atoms with Gasteiger partial charge in [0.25, 0.3) is 0 Å². The van der Waals surface area contributed by atoms with Crippen LogP contribution in [0.3, 0.4) is 0 Å². The largest absolute Gasteiger partial charge is 0.309 e. The lowest BCUT2D eigenvalue weighted by atomic mass is 9.70. The van der Waals surface area contributed by atoms with E-state index in [2.05, 4.69) is 305 Å². The Morgan fingerprint density at radius 3 is 1.62 bits per heavy atom. The Morgan fingerprint density at radius 2 is 0.827 bits per heavy atom. The van der Waals surface area contributed by atoms with Crippen LogP contribution in [0.15, 0.2) is 291 Å². The van der Waals surface area contributed by atoms with Gasteiger partial charge in [-0.25, -0.2) is 0 Å². The fraction of sp³-hybridized carbons (Fsp3) is 0.0256. The van der Waals surface area contributed by atoms with Crippen molar-refractivity contribution in [1.82, 2.24) is 9.13 Å². The van der Waals surface area contributed by atoms with Gasteiger partial charge in [-0.3, -0.25) is 0 Å². The molecule has 13 aromatic carbocycles. The minimum absolute atomic E-state index is 0.0687. The first-order valence-electron chi connectivity index (χ1n) is 28.3. The molecule has 0 fully saturated rings. The monoisotopic (exact) mass is 1030 g/mol. The molecule has 0 amide bonds. The molecule has 1 unspecified atom stereocenters. The van der Waals surface area contributed by atoms with E-state index in [4.69, 9.17) is 0 Å². The summed E-state index contributed by atoms with van der Waals surface area (Å²) in [5, 5.41) is 7.35. The van der Waals surface area contributed by atoms with E-state index in [1.54, 1.807) is 0 Å². The number of benzene rings is 13. The van der Waals surface area contributed by atoms with Crippen molar-refractivity contribution in [3.8, 4) is 44.8 Å². The van der Waals surface area contributed by atoms with Crippen LogP contribution in [0.2, 0.25) is 0 Å². The minimum atomic E-state index is -0.559. The van der Waals surface area contributed by atoms with Crippen molar-refractivity contribution in [3.05, 3.63) is 330 Å². The first-order chi connectivity index (χ1) is 40.3. The summed E-state index contributed by atoms with van der Waals surface area (Å²) >= 11 is 0. The standard InChI is InChI=1S/C78H49N3/c1-3-23-50(24-4-1)73-58-31-9-10-32-59(58)74-61(73)34-19-40-68(74)81(71-41-20-37-64-77(71)75-53-27-8-7-22-49(53)44-47-65(75)78(64)62-35-15-11-28-54(62)55-29-12-16-36-63(55)78)70-43-21-42-69-76(70)60-33-14-18-39-67(60)80(69)52-45-46-57-56-30-13-17-38-66(56)79(72(57)48-52)51-25-5-2-6-26-51/h1-48,73H. The topological polar surface area (TPSA) is 13.1 Å². The second-order valence-corrected chi connectivity index (χ2v) is 22.2. The van der Waals surface area contributed by atoms with Crippen molar-refractivity contribution in [2.24, 2.45) is 0 Å². The number of nitrogens with zero attached hydrogens (tertiary/aromatic N) is 3. The second kappa shape index (κ2) is 16.8. The third-order valence-corrected chi connectivity index (χ3v) is 18.4. The summed E-state index contributed by atoms with van der Waals surface area (Å²) in [5.41, 5.74) is 26.7. The molecule has 3 nitrogen and oxygen atoms in total. The fourth-order valence-electron chi connectivity index (χ4n) is 15.3. The van der Waals surface area contributed by atoms with Crippen LogP contribution in [0.4, 0.5) is 17.1 Å². The molecule has 3 aliphatic rings. The molecule has 0 saturated heterocycles. The SMILES string of the molecule is c1ccc(C2c3ccccc3-c3c2cccc3N(c2cccc3c2-c2c(ccc4ccccc24)C32c3ccccc3-c3ccccc32)c2cccc3c2c2ccccc2n3-c2ccc3c4ccccc4n(-c4ccccc4)c3c2)cc1. The summed E-state index contributed by atoms with van der Waals surface area (Å²) in [6.07, 6.45) is 0. The molecule has 3 heteroatoms. The van der Waals surface area contributed by atoms with E-state index in [1.807, 2.05) is 0 Å². The zero-order valence-electron chi connectivity index (χ0n) is 44.1. The fourth-order valence-corrected chi connectivity index (χ4v) is 15.3.